The quantitative estimate of drug-likeness (QED) is 0.755. The van der Waals surface area contributed by atoms with E-state index < -0.39 is 0 Å². The molecule has 0 radical (unpaired) electrons. The van der Waals surface area contributed by atoms with Gasteiger partial charge in [-0.15, -0.1) is 0 Å². The molecule has 0 bridgehead atoms. The molecule has 1 aromatic heterocycles. The number of benzene rings is 2. The first-order valence-electron chi connectivity index (χ1n) is 6.24. The summed E-state index contributed by atoms with van der Waals surface area (Å²) in [7, 11) is 0. The molecule has 0 amide bonds. The van der Waals surface area contributed by atoms with Gasteiger partial charge >= 0.3 is 0 Å². The highest BCUT2D eigenvalue weighted by atomic mass is 16.4. The van der Waals surface area contributed by atoms with Gasteiger partial charge in [-0.25, -0.2) is 0 Å². The molecule has 0 aliphatic rings. The molecule has 0 spiro atoms. The number of nitrogen functional groups attached to an aromatic ring is 1. The lowest BCUT2D eigenvalue weighted by molar-refractivity contribution is 0.602. The van der Waals surface area contributed by atoms with Crippen molar-refractivity contribution in [2.75, 3.05) is 5.73 Å². The number of furan rings is 1. The van der Waals surface area contributed by atoms with Gasteiger partial charge in [0.2, 0.25) is 0 Å². The highest BCUT2D eigenvalue weighted by Crippen LogP contribution is 2.39. The Morgan fingerprint density at radius 3 is 1.95 bits per heavy atom. The van der Waals surface area contributed by atoms with Crippen molar-refractivity contribution >= 4 is 5.88 Å². The third-order valence-corrected chi connectivity index (χ3v) is 3.15. The molecule has 0 fully saturated rings. The Morgan fingerprint density at radius 2 is 1.40 bits per heavy atom. The summed E-state index contributed by atoms with van der Waals surface area (Å²) in [5, 5.41) is 9.47. The van der Waals surface area contributed by atoms with Crippen LogP contribution in [0.2, 0.25) is 0 Å². The molecule has 3 rings (SSSR count). The lowest BCUT2D eigenvalue weighted by Crippen LogP contribution is -1.86. The maximum atomic E-state index is 9.47. The molecular weight excluding hydrogens is 248 g/mol. The molecule has 0 saturated carbocycles. The molecule has 96 valence electrons. The third-order valence-electron chi connectivity index (χ3n) is 3.15. The van der Waals surface area contributed by atoms with Gasteiger partial charge in [-0.05, 0) is 5.56 Å². The van der Waals surface area contributed by atoms with Crippen LogP contribution in [-0.2, 0) is 0 Å². The van der Waals surface area contributed by atoms with Crippen LogP contribution in [0.25, 0.3) is 22.5 Å². The molecule has 0 aliphatic heterocycles. The molecule has 1 heterocycles. The average molecular weight is 260 g/mol. The summed E-state index contributed by atoms with van der Waals surface area (Å²) in [5.74, 6) is 0.788. The van der Waals surface area contributed by atoms with Crippen molar-refractivity contribution in [2.45, 2.75) is 0 Å². The van der Waals surface area contributed by atoms with E-state index in [2.05, 4.69) is 6.07 Å². The first-order chi connectivity index (χ1) is 9.81. The lowest BCUT2D eigenvalue weighted by Gasteiger charge is -1.99. The number of nitrogens with zero attached hydrogens (tertiary/aromatic N) is 1. The summed E-state index contributed by atoms with van der Waals surface area (Å²) in [6.45, 7) is 0. The molecule has 0 atom stereocenters. The molecule has 3 nitrogen and oxygen atoms in total. The van der Waals surface area contributed by atoms with E-state index in [1.54, 1.807) is 0 Å². The summed E-state index contributed by atoms with van der Waals surface area (Å²) in [6, 6.07) is 21.3. The second-order valence-electron chi connectivity index (χ2n) is 4.39. The van der Waals surface area contributed by atoms with Gasteiger partial charge in [0, 0.05) is 5.56 Å². The molecule has 0 aliphatic carbocycles. The molecule has 3 heteroatoms. The SMILES string of the molecule is N#Cc1c(-c2ccccc2)oc(N)c1-c1ccccc1. The summed E-state index contributed by atoms with van der Waals surface area (Å²) < 4.78 is 5.63. The molecule has 3 aromatic rings. The minimum absolute atomic E-state index is 0.270. The maximum absolute atomic E-state index is 9.47. The Hall–Kier alpha value is -2.99. The monoisotopic (exact) mass is 260 g/mol. The minimum atomic E-state index is 0.270. The number of nitrogens with two attached hydrogens (primary N) is 1. The summed E-state index contributed by atoms with van der Waals surface area (Å²) in [5.41, 5.74) is 8.83. The fraction of sp³-hybridized carbons (Fsp3) is 0. The first kappa shape index (κ1) is 12.1. The first-order valence-corrected chi connectivity index (χ1v) is 6.24. The fourth-order valence-electron chi connectivity index (χ4n) is 2.24. The second kappa shape index (κ2) is 4.94. The van der Waals surface area contributed by atoms with E-state index in [1.807, 2.05) is 60.7 Å². The predicted molar refractivity (Wildman–Crippen MR) is 78.7 cm³/mol. The molecular formula is C17H12N2O. The van der Waals surface area contributed by atoms with Crippen LogP contribution in [0, 0.1) is 11.3 Å². The van der Waals surface area contributed by atoms with E-state index in [9.17, 15) is 5.26 Å². The zero-order chi connectivity index (χ0) is 13.9. The fourth-order valence-corrected chi connectivity index (χ4v) is 2.24. The number of hydrogen-bond donors (Lipinski definition) is 1. The molecule has 2 aromatic carbocycles. The topological polar surface area (TPSA) is 63.0 Å². The van der Waals surface area contributed by atoms with Crippen LogP contribution in [0.15, 0.2) is 65.1 Å². The smallest absolute Gasteiger partial charge is 0.200 e. The van der Waals surface area contributed by atoms with Crippen LogP contribution in [0.3, 0.4) is 0 Å². The predicted octanol–water partition coefficient (Wildman–Crippen LogP) is 4.07. The third kappa shape index (κ3) is 1.94. The van der Waals surface area contributed by atoms with Crippen molar-refractivity contribution < 1.29 is 4.42 Å². The molecule has 0 unspecified atom stereocenters. The number of nitriles is 1. The van der Waals surface area contributed by atoms with Gasteiger partial charge in [-0.2, -0.15) is 5.26 Å². The van der Waals surface area contributed by atoms with Crippen molar-refractivity contribution in [3.05, 3.63) is 66.2 Å². The van der Waals surface area contributed by atoms with Gasteiger partial charge < -0.3 is 10.2 Å². The zero-order valence-electron chi connectivity index (χ0n) is 10.7. The molecule has 0 saturated heterocycles. The van der Waals surface area contributed by atoms with Crippen molar-refractivity contribution in [3.8, 4) is 28.5 Å². The Balaban J connectivity index is 2.24. The van der Waals surface area contributed by atoms with Gasteiger partial charge in [-0.1, -0.05) is 60.7 Å². The Morgan fingerprint density at radius 1 is 0.850 bits per heavy atom. The molecule has 2 N–H and O–H groups in total. The second-order valence-corrected chi connectivity index (χ2v) is 4.39. The number of rotatable bonds is 2. The summed E-state index contributed by atoms with van der Waals surface area (Å²) >= 11 is 0. The largest absolute Gasteiger partial charge is 0.439 e. The Labute approximate surface area is 116 Å². The number of anilines is 1. The van der Waals surface area contributed by atoms with Crippen LogP contribution in [0.5, 0.6) is 0 Å². The van der Waals surface area contributed by atoms with Crippen molar-refractivity contribution in [2.24, 2.45) is 0 Å². The van der Waals surface area contributed by atoms with Crippen molar-refractivity contribution in [1.29, 1.82) is 5.26 Å². The van der Waals surface area contributed by atoms with E-state index in [0.29, 0.717) is 16.9 Å². The normalized spacial score (nSPS) is 10.2. The Kier molecular flexibility index (Phi) is 2.98. The van der Waals surface area contributed by atoms with E-state index >= 15 is 0 Å². The van der Waals surface area contributed by atoms with Crippen LogP contribution < -0.4 is 5.73 Å². The van der Waals surface area contributed by atoms with Gasteiger partial charge in [0.1, 0.15) is 11.6 Å². The molecule has 20 heavy (non-hydrogen) atoms. The van der Waals surface area contributed by atoms with Gasteiger partial charge in [-0.3, -0.25) is 0 Å². The summed E-state index contributed by atoms with van der Waals surface area (Å²) in [4.78, 5) is 0. The highest BCUT2D eigenvalue weighted by molar-refractivity contribution is 5.86. The zero-order valence-corrected chi connectivity index (χ0v) is 10.7. The van der Waals surface area contributed by atoms with Crippen molar-refractivity contribution in [3.63, 3.8) is 0 Å². The van der Waals surface area contributed by atoms with Crippen molar-refractivity contribution in [1.82, 2.24) is 0 Å². The van der Waals surface area contributed by atoms with Crippen LogP contribution in [-0.4, -0.2) is 0 Å². The Bertz CT molecular complexity index is 768. The van der Waals surface area contributed by atoms with E-state index in [-0.39, 0.29) is 5.88 Å². The van der Waals surface area contributed by atoms with Gasteiger partial charge in [0.25, 0.3) is 0 Å². The standard InChI is InChI=1S/C17H12N2O/c18-11-14-15(12-7-3-1-4-8-12)17(19)20-16(14)13-9-5-2-6-10-13/h1-10H,19H2. The van der Waals surface area contributed by atoms with Crippen LogP contribution in [0.1, 0.15) is 5.56 Å². The average Bonchev–Trinajstić information content (AvgIpc) is 2.85. The van der Waals surface area contributed by atoms with Gasteiger partial charge in [0.05, 0.1) is 5.56 Å². The van der Waals surface area contributed by atoms with Crippen LogP contribution >= 0.6 is 0 Å². The number of hydrogen-bond acceptors (Lipinski definition) is 3. The van der Waals surface area contributed by atoms with E-state index in [1.165, 1.54) is 0 Å². The van der Waals surface area contributed by atoms with E-state index in [0.717, 1.165) is 11.1 Å². The van der Waals surface area contributed by atoms with E-state index in [4.69, 9.17) is 10.2 Å². The highest BCUT2D eigenvalue weighted by Gasteiger charge is 2.20. The van der Waals surface area contributed by atoms with Crippen LogP contribution in [0.4, 0.5) is 5.88 Å². The van der Waals surface area contributed by atoms with Gasteiger partial charge in [0.15, 0.2) is 11.6 Å². The lowest BCUT2D eigenvalue weighted by atomic mass is 10.0. The maximum Gasteiger partial charge on any atom is 0.200 e. The summed E-state index contributed by atoms with van der Waals surface area (Å²) in [6.07, 6.45) is 0. The minimum Gasteiger partial charge on any atom is -0.439 e.